The van der Waals surface area contributed by atoms with Gasteiger partial charge >= 0.3 is 0 Å². The molecule has 104 valence electrons. The van der Waals surface area contributed by atoms with Crippen LogP contribution in [0.15, 0.2) is 52.3 Å². The Morgan fingerprint density at radius 2 is 2.10 bits per heavy atom. The molecule has 0 radical (unpaired) electrons. The van der Waals surface area contributed by atoms with Crippen molar-refractivity contribution < 1.29 is 4.79 Å². The second-order valence-corrected chi connectivity index (χ2v) is 5.73. The van der Waals surface area contributed by atoms with Gasteiger partial charge in [-0.15, -0.1) is 0 Å². The number of halogens is 1. The minimum Gasteiger partial charge on any atom is -0.399 e. The van der Waals surface area contributed by atoms with E-state index in [0.29, 0.717) is 22.8 Å². The lowest BCUT2D eigenvalue weighted by atomic mass is 10.2. The summed E-state index contributed by atoms with van der Waals surface area (Å²) >= 11 is 7.45. The van der Waals surface area contributed by atoms with Crippen molar-refractivity contribution in [2.45, 2.75) is 16.7 Å². The highest BCUT2D eigenvalue weighted by atomic mass is 35.5. The molecule has 0 aliphatic heterocycles. The lowest BCUT2D eigenvalue weighted by Gasteiger charge is -2.10. The number of hydrogen-bond donors (Lipinski definition) is 2. The Labute approximate surface area is 127 Å². The van der Waals surface area contributed by atoms with Crippen LogP contribution in [0, 0.1) is 0 Å². The van der Waals surface area contributed by atoms with Gasteiger partial charge in [0.2, 0.25) is 0 Å². The molecule has 2 rings (SSSR count). The van der Waals surface area contributed by atoms with E-state index in [2.05, 4.69) is 5.32 Å². The number of carbonyl (C=O) groups is 1. The van der Waals surface area contributed by atoms with E-state index in [-0.39, 0.29) is 5.91 Å². The van der Waals surface area contributed by atoms with Crippen LogP contribution in [0.4, 0.5) is 5.69 Å². The molecule has 5 heteroatoms. The fourth-order valence-electron chi connectivity index (χ4n) is 1.72. The minimum absolute atomic E-state index is 0.1000. The Bertz CT molecular complexity index is 631. The van der Waals surface area contributed by atoms with Crippen LogP contribution < -0.4 is 11.1 Å². The van der Waals surface area contributed by atoms with Gasteiger partial charge in [0.1, 0.15) is 0 Å². The van der Waals surface area contributed by atoms with Crippen molar-refractivity contribution in [2.24, 2.45) is 0 Å². The molecule has 2 aromatic carbocycles. The standard InChI is InChI=1S/C15H15ClN2OS/c1-2-18-15(19)13-7-6-11(17)9-14(13)20-12-5-3-4-10(16)8-12/h3-9H,2,17H2,1H3,(H,18,19). The zero-order chi connectivity index (χ0) is 14.5. The van der Waals surface area contributed by atoms with Gasteiger partial charge in [-0.1, -0.05) is 29.4 Å². The number of nitrogens with one attached hydrogen (secondary N) is 1. The van der Waals surface area contributed by atoms with Crippen LogP contribution in [0.2, 0.25) is 5.02 Å². The molecule has 0 atom stereocenters. The number of rotatable bonds is 4. The number of nitrogen functional groups attached to an aromatic ring is 1. The van der Waals surface area contributed by atoms with Gasteiger partial charge < -0.3 is 11.1 Å². The number of amides is 1. The molecular weight excluding hydrogens is 292 g/mol. The topological polar surface area (TPSA) is 55.1 Å². The predicted octanol–water partition coefficient (Wildman–Crippen LogP) is 3.82. The largest absolute Gasteiger partial charge is 0.399 e. The molecule has 0 aliphatic carbocycles. The third-order valence-electron chi connectivity index (χ3n) is 2.61. The summed E-state index contributed by atoms with van der Waals surface area (Å²) in [6.07, 6.45) is 0. The average molecular weight is 307 g/mol. The second-order valence-electron chi connectivity index (χ2n) is 4.17. The van der Waals surface area contributed by atoms with Crippen molar-refractivity contribution in [1.29, 1.82) is 0 Å². The highest BCUT2D eigenvalue weighted by Crippen LogP contribution is 2.33. The van der Waals surface area contributed by atoms with Crippen LogP contribution in [0.3, 0.4) is 0 Å². The smallest absolute Gasteiger partial charge is 0.252 e. The van der Waals surface area contributed by atoms with Crippen molar-refractivity contribution in [1.82, 2.24) is 5.32 Å². The van der Waals surface area contributed by atoms with Crippen LogP contribution in [0.1, 0.15) is 17.3 Å². The fraction of sp³-hybridized carbons (Fsp3) is 0.133. The Balaban J connectivity index is 2.34. The summed E-state index contributed by atoms with van der Waals surface area (Å²) < 4.78 is 0. The monoisotopic (exact) mass is 306 g/mol. The zero-order valence-electron chi connectivity index (χ0n) is 11.0. The van der Waals surface area contributed by atoms with E-state index in [1.807, 2.05) is 31.2 Å². The first-order valence-electron chi connectivity index (χ1n) is 6.21. The number of benzene rings is 2. The Kier molecular flexibility index (Phi) is 4.93. The Hall–Kier alpha value is -1.65. The molecule has 3 N–H and O–H groups in total. The van der Waals surface area contributed by atoms with Gasteiger partial charge in [-0.25, -0.2) is 0 Å². The molecule has 2 aromatic rings. The normalized spacial score (nSPS) is 10.3. The molecular formula is C15H15ClN2OS. The van der Waals surface area contributed by atoms with E-state index in [1.54, 1.807) is 18.2 Å². The second kappa shape index (κ2) is 6.68. The molecule has 0 fully saturated rings. The van der Waals surface area contributed by atoms with Crippen LogP contribution >= 0.6 is 23.4 Å². The van der Waals surface area contributed by atoms with Gasteiger partial charge in [0, 0.05) is 27.0 Å². The van der Waals surface area contributed by atoms with E-state index in [1.165, 1.54) is 11.8 Å². The van der Waals surface area contributed by atoms with Crippen molar-refractivity contribution in [3.8, 4) is 0 Å². The summed E-state index contributed by atoms with van der Waals surface area (Å²) in [5.74, 6) is -0.1000. The Morgan fingerprint density at radius 1 is 1.30 bits per heavy atom. The van der Waals surface area contributed by atoms with Crippen LogP contribution in [-0.2, 0) is 0 Å². The van der Waals surface area contributed by atoms with Gasteiger partial charge in [0.05, 0.1) is 5.56 Å². The van der Waals surface area contributed by atoms with Gasteiger partial charge in [0.15, 0.2) is 0 Å². The van der Waals surface area contributed by atoms with Gasteiger partial charge in [-0.3, -0.25) is 4.79 Å². The minimum atomic E-state index is -0.1000. The van der Waals surface area contributed by atoms with Crippen LogP contribution in [0.25, 0.3) is 0 Å². The maximum absolute atomic E-state index is 12.0. The van der Waals surface area contributed by atoms with Crippen LogP contribution in [0.5, 0.6) is 0 Å². The highest BCUT2D eigenvalue weighted by molar-refractivity contribution is 7.99. The van der Waals surface area contributed by atoms with Crippen molar-refractivity contribution >= 4 is 35.0 Å². The van der Waals surface area contributed by atoms with Crippen molar-refractivity contribution in [3.63, 3.8) is 0 Å². The van der Waals surface area contributed by atoms with E-state index in [0.717, 1.165) is 9.79 Å². The first kappa shape index (κ1) is 14.8. The maximum Gasteiger partial charge on any atom is 0.252 e. The third-order valence-corrected chi connectivity index (χ3v) is 3.89. The summed E-state index contributed by atoms with van der Waals surface area (Å²) in [6, 6.07) is 12.8. The average Bonchev–Trinajstić information content (AvgIpc) is 2.39. The molecule has 0 bridgehead atoms. The molecule has 0 spiro atoms. The number of carbonyl (C=O) groups excluding carboxylic acids is 1. The number of hydrogen-bond acceptors (Lipinski definition) is 3. The lowest BCUT2D eigenvalue weighted by molar-refractivity contribution is 0.0953. The van der Waals surface area contributed by atoms with E-state index in [4.69, 9.17) is 17.3 Å². The highest BCUT2D eigenvalue weighted by Gasteiger charge is 2.12. The summed E-state index contributed by atoms with van der Waals surface area (Å²) in [5, 5.41) is 3.46. The van der Waals surface area contributed by atoms with Crippen molar-refractivity contribution in [2.75, 3.05) is 12.3 Å². The van der Waals surface area contributed by atoms with Gasteiger partial charge in [0.25, 0.3) is 5.91 Å². The number of anilines is 1. The van der Waals surface area contributed by atoms with Crippen LogP contribution in [-0.4, -0.2) is 12.5 Å². The SMILES string of the molecule is CCNC(=O)c1ccc(N)cc1Sc1cccc(Cl)c1. The molecule has 0 saturated carbocycles. The summed E-state index contributed by atoms with van der Waals surface area (Å²) in [7, 11) is 0. The molecule has 20 heavy (non-hydrogen) atoms. The van der Waals surface area contributed by atoms with Crippen molar-refractivity contribution in [3.05, 3.63) is 53.1 Å². The van der Waals surface area contributed by atoms with E-state index >= 15 is 0 Å². The fourth-order valence-corrected chi connectivity index (χ4v) is 3.03. The lowest BCUT2D eigenvalue weighted by Crippen LogP contribution is -2.23. The van der Waals surface area contributed by atoms with Gasteiger partial charge in [-0.2, -0.15) is 0 Å². The first-order valence-corrected chi connectivity index (χ1v) is 7.40. The molecule has 0 aliphatic rings. The summed E-state index contributed by atoms with van der Waals surface area (Å²) in [5.41, 5.74) is 7.06. The zero-order valence-corrected chi connectivity index (χ0v) is 12.6. The quantitative estimate of drug-likeness (QED) is 0.844. The molecule has 0 aromatic heterocycles. The van der Waals surface area contributed by atoms with E-state index < -0.39 is 0 Å². The summed E-state index contributed by atoms with van der Waals surface area (Å²) in [6.45, 7) is 2.48. The first-order chi connectivity index (χ1) is 9.60. The predicted molar refractivity (Wildman–Crippen MR) is 84.4 cm³/mol. The molecule has 0 heterocycles. The Morgan fingerprint density at radius 3 is 2.80 bits per heavy atom. The van der Waals surface area contributed by atoms with Gasteiger partial charge in [-0.05, 0) is 43.3 Å². The number of nitrogens with two attached hydrogens (primary N) is 1. The molecule has 0 saturated heterocycles. The molecule has 1 amide bonds. The third kappa shape index (κ3) is 3.68. The molecule has 3 nitrogen and oxygen atoms in total. The molecule has 0 unspecified atom stereocenters. The summed E-state index contributed by atoms with van der Waals surface area (Å²) in [4.78, 5) is 13.8. The maximum atomic E-state index is 12.0. The van der Waals surface area contributed by atoms with E-state index in [9.17, 15) is 4.79 Å².